The molecule has 2 fully saturated rings. The first-order valence-electron chi connectivity index (χ1n) is 8.39. The third kappa shape index (κ3) is 4.20. The van der Waals surface area contributed by atoms with E-state index in [2.05, 4.69) is 32.8 Å². The van der Waals surface area contributed by atoms with Crippen LogP contribution in [-0.2, 0) is 0 Å². The van der Waals surface area contributed by atoms with Crippen molar-refractivity contribution in [3.05, 3.63) is 12.4 Å². The van der Waals surface area contributed by atoms with Crippen LogP contribution in [0.1, 0.15) is 38.1 Å². The van der Waals surface area contributed by atoms with E-state index in [0.717, 1.165) is 32.0 Å². The van der Waals surface area contributed by atoms with Crippen LogP contribution in [-0.4, -0.2) is 66.0 Å². The van der Waals surface area contributed by atoms with Gasteiger partial charge in [-0.15, -0.1) is 0 Å². The molecule has 118 valence electrons. The summed E-state index contributed by atoms with van der Waals surface area (Å²) >= 11 is 0. The SMILES string of the molecule is CN1CCN(CCOc2cnn(C3CCCCC3)c2)CC1. The minimum atomic E-state index is 0.591. The van der Waals surface area contributed by atoms with Crippen LogP contribution in [0.25, 0.3) is 0 Å². The smallest absolute Gasteiger partial charge is 0.157 e. The van der Waals surface area contributed by atoms with Crippen molar-refractivity contribution in [1.82, 2.24) is 19.6 Å². The first-order chi connectivity index (χ1) is 10.3. The molecular formula is C16H28N4O. The Morgan fingerprint density at radius 1 is 1.14 bits per heavy atom. The molecular weight excluding hydrogens is 264 g/mol. The van der Waals surface area contributed by atoms with E-state index in [1.807, 2.05) is 6.20 Å². The Kier molecular flexibility index (Phi) is 5.14. The zero-order valence-electron chi connectivity index (χ0n) is 13.2. The number of nitrogens with zero attached hydrogens (tertiary/aromatic N) is 4. The molecule has 2 aliphatic rings. The summed E-state index contributed by atoms with van der Waals surface area (Å²) in [5.41, 5.74) is 0. The van der Waals surface area contributed by atoms with Gasteiger partial charge < -0.3 is 9.64 Å². The predicted molar refractivity (Wildman–Crippen MR) is 83.8 cm³/mol. The van der Waals surface area contributed by atoms with Gasteiger partial charge >= 0.3 is 0 Å². The van der Waals surface area contributed by atoms with Crippen LogP contribution in [0.2, 0.25) is 0 Å². The number of likely N-dealkylation sites (N-methyl/N-ethyl adjacent to an activating group) is 1. The lowest BCUT2D eigenvalue weighted by atomic mass is 9.96. The molecule has 1 saturated heterocycles. The standard InChI is InChI=1S/C16H28N4O/c1-18-7-9-19(10-8-18)11-12-21-16-13-17-20(14-16)15-5-3-2-4-6-15/h13-15H,2-12H2,1H3. The summed E-state index contributed by atoms with van der Waals surface area (Å²) in [4.78, 5) is 4.86. The second-order valence-corrected chi connectivity index (χ2v) is 6.44. The highest BCUT2D eigenvalue weighted by Gasteiger charge is 2.17. The third-order valence-corrected chi connectivity index (χ3v) is 4.80. The van der Waals surface area contributed by atoms with E-state index in [-0.39, 0.29) is 0 Å². The van der Waals surface area contributed by atoms with E-state index < -0.39 is 0 Å². The summed E-state index contributed by atoms with van der Waals surface area (Å²) < 4.78 is 7.98. The number of rotatable bonds is 5. The van der Waals surface area contributed by atoms with Crippen LogP contribution >= 0.6 is 0 Å². The molecule has 0 atom stereocenters. The van der Waals surface area contributed by atoms with Crippen molar-refractivity contribution in [1.29, 1.82) is 0 Å². The lowest BCUT2D eigenvalue weighted by Crippen LogP contribution is -2.45. The van der Waals surface area contributed by atoms with Crippen molar-refractivity contribution in [2.75, 3.05) is 46.4 Å². The Morgan fingerprint density at radius 3 is 2.67 bits per heavy atom. The number of piperazine rings is 1. The molecule has 3 rings (SSSR count). The van der Waals surface area contributed by atoms with Crippen LogP contribution in [0.4, 0.5) is 0 Å². The van der Waals surface area contributed by atoms with Crippen LogP contribution in [0.15, 0.2) is 12.4 Å². The Labute approximate surface area is 127 Å². The number of aromatic nitrogens is 2. The van der Waals surface area contributed by atoms with Gasteiger partial charge in [0.25, 0.3) is 0 Å². The van der Waals surface area contributed by atoms with Gasteiger partial charge in [0.2, 0.25) is 0 Å². The second-order valence-electron chi connectivity index (χ2n) is 6.44. The molecule has 5 heteroatoms. The fraction of sp³-hybridized carbons (Fsp3) is 0.812. The highest BCUT2D eigenvalue weighted by molar-refractivity contribution is 5.12. The van der Waals surface area contributed by atoms with Crippen molar-refractivity contribution in [2.24, 2.45) is 0 Å². The highest BCUT2D eigenvalue weighted by atomic mass is 16.5. The van der Waals surface area contributed by atoms with Crippen molar-refractivity contribution >= 4 is 0 Å². The zero-order chi connectivity index (χ0) is 14.5. The predicted octanol–water partition coefficient (Wildman–Crippen LogP) is 2.01. The number of ether oxygens (including phenoxy) is 1. The van der Waals surface area contributed by atoms with Crippen molar-refractivity contribution in [3.63, 3.8) is 0 Å². The van der Waals surface area contributed by atoms with Crippen molar-refractivity contribution in [3.8, 4) is 5.75 Å². The van der Waals surface area contributed by atoms with E-state index in [4.69, 9.17) is 4.74 Å². The molecule has 2 heterocycles. The molecule has 0 radical (unpaired) electrons. The molecule has 1 saturated carbocycles. The Balaban J connectivity index is 1.40. The fourth-order valence-electron chi connectivity index (χ4n) is 3.30. The summed E-state index contributed by atoms with van der Waals surface area (Å²) in [7, 11) is 2.19. The average Bonchev–Trinajstić information content (AvgIpc) is 2.99. The summed E-state index contributed by atoms with van der Waals surface area (Å²) in [6.07, 6.45) is 10.5. The molecule has 1 aliphatic heterocycles. The van der Waals surface area contributed by atoms with Gasteiger partial charge in [0.05, 0.1) is 18.4 Å². The minimum absolute atomic E-state index is 0.591. The Hall–Kier alpha value is -1.07. The lowest BCUT2D eigenvalue weighted by Gasteiger charge is -2.32. The van der Waals surface area contributed by atoms with Crippen LogP contribution < -0.4 is 4.74 Å². The number of hydrogen-bond acceptors (Lipinski definition) is 4. The summed E-state index contributed by atoms with van der Waals surface area (Å²) in [5.74, 6) is 0.926. The molecule has 0 amide bonds. The Morgan fingerprint density at radius 2 is 1.90 bits per heavy atom. The second kappa shape index (κ2) is 7.27. The maximum absolute atomic E-state index is 5.87. The Bertz CT molecular complexity index is 420. The van der Waals surface area contributed by atoms with E-state index >= 15 is 0 Å². The summed E-state index contributed by atoms with van der Waals surface area (Å²) in [5, 5.41) is 4.49. The molecule has 0 aromatic carbocycles. The molecule has 0 unspecified atom stereocenters. The molecule has 0 bridgehead atoms. The zero-order valence-corrected chi connectivity index (χ0v) is 13.2. The topological polar surface area (TPSA) is 33.5 Å². The first-order valence-corrected chi connectivity index (χ1v) is 8.39. The maximum atomic E-state index is 5.87. The molecule has 21 heavy (non-hydrogen) atoms. The average molecular weight is 292 g/mol. The highest BCUT2D eigenvalue weighted by Crippen LogP contribution is 2.28. The van der Waals surface area contributed by atoms with E-state index in [0.29, 0.717) is 6.04 Å². The molecule has 5 nitrogen and oxygen atoms in total. The van der Waals surface area contributed by atoms with Gasteiger partial charge in [-0.05, 0) is 19.9 Å². The monoisotopic (exact) mass is 292 g/mol. The van der Waals surface area contributed by atoms with E-state index in [1.54, 1.807) is 0 Å². The summed E-state index contributed by atoms with van der Waals surface area (Å²) in [6.45, 7) is 6.42. The van der Waals surface area contributed by atoms with Gasteiger partial charge in [-0.3, -0.25) is 9.58 Å². The molecule has 1 aliphatic carbocycles. The normalized spacial score (nSPS) is 22.5. The molecule has 1 aromatic heterocycles. The van der Waals surface area contributed by atoms with Crippen molar-refractivity contribution < 1.29 is 4.74 Å². The van der Waals surface area contributed by atoms with Gasteiger partial charge in [0.1, 0.15) is 6.61 Å². The molecule has 0 spiro atoms. The van der Waals surface area contributed by atoms with Gasteiger partial charge in [0.15, 0.2) is 5.75 Å². The van der Waals surface area contributed by atoms with Crippen LogP contribution in [0, 0.1) is 0 Å². The quantitative estimate of drug-likeness (QED) is 0.831. The minimum Gasteiger partial charge on any atom is -0.489 e. The fourth-order valence-corrected chi connectivity index (χ4v) is 3.30. The van der Waals surface area contributed by atoms with E-state index in [9.17, 15) is 0 Å². The largest absolute Gasteiger partial charge is 0.489 e. The molecule has 1 aromatic rings. The third-order valence-electron chi connectivity index (χ3n) is 4.80. The van der Waals surface area contributed by atoms with Gasteiger partial charge in [-0.25, -0.2) is 0 Å². The maximum Gasteiger partial charge on any atom is 0.157 e. The van der Waals surface area contributed by atoms with Gasteiger partial charge in [0, 0.05) is 32.7 Å². The summed E-state index contributed by atoms with van der Waals surface area (Å²) in [6, 6.07) is 0.591. The number of hydrogen-bond donors (Lipinski definition) is 0. The van der Waals surface area contributed by atoms with Crippen molar-refractivity contribution in [2.45, 2.75) is 38.1 Å². The van der Waals surface area contributed by atoms with Gasteiger partial charge in [-0.2, -0.15) is 5.10 Å². The van der Waals surface area contributed by atoms with Crippen LogP contribution in [0.3, 0.4) is 0 Å². The first kappa shape index (κ1) is 14.9. The van der Waals surface area contributed by atoms with Crippen LogP contribution in [0.5, 0.6) is 5.75 Å². The molecule has 0 N–H and O–H groups in total. The lowest BCUT2D eigenvalue weighted by molar-refractivity contribution is 0.133. The van der Waals surface area contributed by atoms with Gasteiger partial charge in [-0.1, -0.05) is 19.3 Å². The van der Waals surface area contributed by atoms with E-state index in [1.165, 1.54) is 45.2 Å².